The van der Waals surface area contributed by atoms with Crippen molar-refractivity contribution in [2.75, 3.05) is 49.1 Å². The molecule has 5 rings (SSSR count). The van der Waals surface area contributed by atoms with E-state index in [-0.39, 0.29) is 24.4 Å². The highest BCUT2D eigenvalue weighted by Gasteiger charge is 2.37. The number of aromatic amines is 1. The number of nitrogens with one attached hydrogen (secondary N) is 1. The van der Waals surface area contributed by atoms with Crippen LogP contribution >= 0.6 is 0 Å². The minimum atomic E-state index is -4.52. The van der Waals surface area contributed by atoms with E-state index in [0.29, 0.717) is 49.1 Å². The molecule has 204 valence electrons. The molecular formula is C26H28F6N6. The Morgan fingerprint density at radius 2 is 1.63 bits per heavy atom. The van der Waals surface area contributed by atoms with Gasteiger partial charge in [0, 0.05) is 57.1 Å². The maximum absolute atomic E-state index is 13.7. The number of imidazole rings is 1. The lowest BCUT2D eigenvalue weighted by Crippen LogP contribution is -2.47. The Hall–Kier alpha value is -3.28. The summed E-state index contributed by atoms with van der Waals surface area (Å²) in [6, 6.07) is 4.83. The first-order valence-electron chi connectivity index (χ1n) is 12.5. The molecule has 4 heterocycles. The molecule has 0 radical (unpaired) electrons. The molecule has 2 aromatic heterocycles. The van der Waals surface area contributed by atoms with E-state index in [4.69, 9.17) is 0 Å². The SMILES string of the molecule is CC(C)N1CC=C(c2cc(C(F)(F)F)cc3nc(N4CCN(c5ncccc5C(F)(F)F)CC4)[nH]c23)CC1. The molecule has 2 aliphatic heterocycles. The van der Waals surface area contributed by atoms with Gasteiger partial charge in [0.25, 0.3) is 0 Å². The Balaban J connectivity index is 1.43. The lowest BCUT2D eigenvalue weighted by Gasteiger charge is -2.36. The van der Waals surface area contributed by atoms with Crippen LogP contribution in [0.1, 0.15) is 37.0 Å². The normalized spacial score (nSPS) is 18.0. The molecule has 0 bridgehead atoms. The van der Waals surface area contributed by atoms with Crippen molar-refractivity contribution in [1.29, 1.82) is 0 Å². The molecule has 38 heavy (non-hydrogen) atoms. The first-order valence-corrected chi connectivity index (χ1v) is 12.5. The Morgan fingerprint density at radius 3 is 2.24 bits per heavy atom. The Bertz CT molecular complexity index is 1330. The highest BCUT2D eigenvalue weighted by atomic mass is 19.4. The van der Waals surface area contributed by atoms with Crippen molar-refractivity contribution in [2.24, 2.45) is 0 Å². The summed E-state index contributed by atoms with van der Waals surface area (Å²) in [5, 5.41) is 0. The number of pyridine rings is 1. The third kappa shape index (κ3) is 5.18. The third-order valence-corrected chi connectivity index (χ3v) is 7.20. The van der Waals surface area contributed by atoms with Gasteiger partial charge in [0.15, 0.2) is 0 Å². The number of halogens is 6. The van der Waals surface area contributed by atoms with E-state index >= 15 is 0 Å². The number of benzene rings is 1. The van der Waals surface area contributed by atoms with Gasteiger partial charge in [-0.05, 0) is 50.1 Å². The molecule has 1 N–H and O–H groups in total. The molecule has 0 aliphatic carbocycles. The van der Waals surface area contributed by atoms with E-state index in [0.717, 1.165) is 24.3 Å². The molecular weight excluding hydrogens is 510 g/mol. The fourth-order valence-corrected chi connectivity index (χ4v) is 5.07. The van der Waals surface area contributed by atoms with Crippen LogP contribution < -0.4 is 9.80 Å². The minimum Gasteiger partial charge on any atom is -0.353 e. The summed E-state index contributed by atoms with van der Waals surface area (Å²) < 4.78 is 81.6. The van der Waals surface area contributed by atoms with Gasteiger partial charge < -0.3 is 14.8 Å². The molecule has 0 atom stereocenters. The smallest absolute Gasteiger partial charge is 0.353 e. The van der Waals surface area contributed by atoms with Crippen molar-refractivity contribution >= 4 is 28.4 Å². The molecule has 3 aromatic rings. The van der Waals surface area contributed by atoms with E-state index in [1.807, 2.05) is 11.0 Å². The Kier molecular flexibility index (Phi) is 6.79. The highest BCUT2D eigenvalue weighted by Crippen LogP contribution is 2.38. The third-order valence-electron chi connectivity index (χ3n) is 7.20. The number of H-pyrrole nitrogens is 1. The van der Waals surface area contributed by atoms with Crippen molar-refractivity contribution < 1.29 is 26.3 Å². The molecule has 1 saturated heterocycles. The topological polar surface area (TPSA) is 51.3 Å². The van der Waals surface area contributed by atoms with Gasteiger partial charge in [-0.3, -0.25) is 4.90 Å². The summed E-state index contributed by atoms with van der Waals surface area (Å²) >= 11 is 0. The second-order valence-corrected chi connectivity index (χ2v) is 9.89. The lowest BCUT2D eigenvalue weighted by atomic mass is 9.95. The summed E-state index contributed by atoms with van der Waals surface area (Å²) in [7, 11) is 0. The van der Waals surface area contributed by atoms with Crippen molar-refractivity contribution in [3.63, 3.8) is 0 Å². The zero-order valence-electron chi connectivity index (χ0n) is 21.0. The molecule has 0 unspecified atom stereocenters. The standard InChI is InChI=1S/C26H28F6N6/c1-16(2)36-8-5-17(6-9-36)19-14-18(25(27,28)29)15-21-22(19)35-24(34-21)38-12-10-37(11-13-38)23-20(26(30,31)32)4-3-7-33-23/h3-5,7,14-16H,6,8-13H2,1-2H3,(H,34,35). The van der Waals surface area contributed by atoms with Crippen molar-refractivity contribution in [1.82, 2.24) is 19.9 Å². The maximum atomic E-state index is 13.7. The van der Waals surface area contributed by atoms with Crippen LogP contribution in [-0.4, -0.2) is 65.2 Å². The second-order valence-electron chi connectivity index (χ2n) is 9.89. The highest BCUT2D eigenvalue weighted by molar-refractivity contribution is 5.91. The number of piperazine rings is 1. The van der Waals surface area contributed by atoms with Crippen LogP contribution in [0.3, 0.4) is 0 Å². The van der Waals surface area contributed by atoms with E-state index in [1.165, 1.54) is 18.3 Å². The van der Waals surface area contributed by atoms with Crippen LogP contribution in [0.25, 0.3) is 16.6 Å². The average Bonchev–Trinajstić information content (AvgIpc) is 3.32. The van der Waals surface area contributed by atoms with E-state index in [9.17, 15) is 26.3 Å². The minimum absolute atomic E-state index is 0.124. The summed E-state index contributed by atoms with van der Waals surface area (Å²) in [5.74, 6) is 0.276. The second kappa shape index (κ2) is 9.79. The largest absolute Gasteiger partial charge is 0.419 e. The average molecular weight is 539 g/mol. The Morgan fingerprint density at radius 1 is 0.921 bits per heavy atom. The number of anilines is 2. The first-order chi connectivity index (χ1) is 17.9. The number of rotatable bonds is 4. The Labute approximate surface area is 215 Å². The van der Waals surface area contributed by atoms with Gasteiger partial charge in [-0.15, -0.1) is 0 Å². The quantitative estimate of drug-likeness (QED) is 0.425. The molecule has 6 nitrogen and oxygen atoms in total. The van der Waals surface area contributed by atoms with E-state index in [1.54, 1.807) is 4.90 Å². The summed E-state index contributed by atoms with van der Waals surface area (Å²) in [6.45, 7) is 6.75. The zero-order valence-corrected chi connectivity index (χ0v) is 21.0. The predicted octanol–water partition coefficient (Wildman–Crippen LogP) is 5.82. The predicted molar refractivity (Wildman–Crippen MR) is 134 cm³/mol. The van der Waals surface area contributed by atoms with Crippen LogP contribution in [0.5, 0.6) is 0 Å². The summed E-state index contributed by atoms with van der Waals surface area (Å²) in [6.07, 6.45) is -5.12. The molecule has 2 aliphatic rings. The maximum Gasteiger partial charge on any atom is 0.419 e. The zero-order chi connectivity index (χ0) is 27.2. The number of hydrogen-bond donors (Lipinski definition) is 1. The van der Waals surface area contributed by atoms with Crippen LogP contribution in [0.4, 0.5) is 38.1 Å². The molecule has 1 fully saturated rings. The fourth-order valence-electron chi connectivity index (χ4n) is 5.07. The first kappa shape index (κ1) is 26.3. The molecule has 0 amide bonds. The van der Waals surface area contributed by atoms with Crippen LogP contribution in [-0.2, 0) is 12.4 Å². The van der Waals surface area contributed by atoms with Crippen LogP contribution in [0.2, 0.25) is 0 Å². The summed E-state index contributed by atoms with van der Waals surface area (Å²) in [5.41, 5.74) is 0.516. The van der Waals surface area contributed by atoms with Gasteiger partial charge in [0.05, 0.1) is 22.2 Å². The number of aromatic nitrogens is 3. The monoisotopic (exact) mass is 538 g/mol. The van der Waals surface area contributed by atoms with Gasteiger partial charge in [0.1, 0.15) is 5.82 Å². The lowest BCUT2D eigenvalue weighted by molar-refractivity contribution is -0.138. The number of alkyl halides is 6. The molecule has 0 saturated carbocycles. The van der Waals surface area contributed by atoms with E-state index < -0.39 is 23.5 Å². The van der Waals surface area contributed by atoms with Gasteiger partial charge in [0.2, 0.25) is 5.95 Å². The number of nitrogens with zero attached hydrogens (tertiary/aromatic N) is 5. The number of hydrogen-bond acceptors (Lipinski definition) is 5. The summed E-state index contributed by atoms with van der Waals surface area (Å²) in [4.78, 5) is 17.3. The van der Waals surface area contributed by atoms with E-state index in [2.05, 4.69) is 33.7 Å². The van der Waals surface area contributed by atoms with Gasteiger partial charge >= 0.3 is 12.4 Å². The number of fused-ring (bicyclic) bond motifs is 1. The molecule has 12 heteroatoms. The fraction of sp³-hybridized carbons (Fsp3) is 0.462. The van der Waals surface area contributed by atoms with Crippen LogP contribution in [0.15, 0.2) is 36.5 Å². The van der Waals surface area contributed by atoms with Crippen molar-refractivity contribution in [2.45, 2.75) is 38.7 Å². The van der Waals surface area contributed by atoms with Gasteiger partial charge in [-0.25, -0.2) is 9.97 Å². The van der Waals surface area contributed by atoms with Crippen molar-refractivity contribution in [3.05, 3.63) is 53.2 Å². The van der Waals surface area contributed by atoms with Gasteiger partial charge in [-0.1, -0.05) is 6.08 Å². The van der Waals surface area contributed by atoms with Crippen LogP contribution in [0, 0.1) is 0 Å². The molecule has 1 aromatic carbocycles. The van der Waals surface area contributed by atoms with Gasteiger partial charge in [-0.2, -0.15) is 26.3 Å². The van der Waals surface area contributed by atoms with Crippen molar-refractivity contribution in [3.8, 4) is 0 Å². The molecule has 0 spiro atoms.